The van der Waals surface area contributed by atoms with Crippen molar-refractivity contribution in [2.45, 2.75) is 45.6 Å². The molecule has 0 saturated carbocycles. The standard InChI is InChI=1S/C16H24BrNO/c1-4-11(5-2)15(18-3)10-13-9-14(17)8-12-6-7-19-16(12)13/h8-9,11,15,18H,4-7,10H2,1-3H3. The van der Waals surface area contributed by atoms with Crippen molar-refractivity contribution in [2.75, 3.05) is 13.7 Å². The minimum atomic E-state index is 0.526. The Morgan fingerprint density at radius 1 is 1.32 bits per heavy atom. The van der Waals surface area contributed by atoms with Crippen molar-refractivity contribution < 1.29 is 4.74 Å². The minimum Gasteiger partial charge on any atom is -0.493 e. The highest BCUT2D eigenvalue weighted by Gasteiger charge is 2.22. The molecule has 1 aliphatic heterocycles. The zero-order valence-electron chi connectivity index (χ0n) is 12.1. The Bertz CT molecular complexity index is 429. The zero-order chi connectivity index (χ0) is 13.8. The van der Waals surface area contributed by atoms with E-state index in [0.717, 1.165) is 31.1 Å². The molecule has 2 nitrogen and oxygen atoms in total. The van der Waals surface area contributed by atoms with E-state index < -0.39 is 0 Å². The maximum atomic E-state index is 5.83. The molecule has 3 heteroatoms. The molecule has 1 N–H and O–H groups in total. The molecule has 1 aliphatic rings. The van der Waals surface area contributed by atoms with Gasteiger partial charge in [-0.3, -0.25) is 0 Å². The molecule has 1 atom stereocenters. The van der Waals surface area contributed by atoms with Gasteiger partial charge in [0.25, 0.3) is 0 Å². The predicted octanol–water partition coefficient (Wildman–Crippen LogP) is 3.95. The van der Waals surface area contributed by atoms with Gasteiger partial charge in [-0.2, -0.15) is 0 Å². The smallest absolute Gasteiger partial charge is 0.125 e. The number of fused-ring (bicyclic) bond motifs is 1. The quantitative estimate of drug-likeness (QED) is 0.855. The first-order valence-corrected chi connectivity index (χ1v) is 8.10. The third-order valence-corrected chi connectivity index (χ3v) is 4.71. The lowest BCUT2D eigenvalue weighted by molar-refractivity contribution is 0.332. The van der Waals surface area contributed by atoms with E-state index in [9.17, 15) is 0 Å². The average Bonchev–Trinajstić information content (AvgIpc) is 2.86. The van der Waals surface area contributed by atoms with Crippen LogP contribution in [0.3, 0.4) is 0 Å². The number of nitrogens with one attached hydrogen (secondary N) is 1. The van der Waals surface area contributed by atoms with Crippen LogP contribution in [-0.2, 0) is 12.8 Å². The highest BCUT2D eigenvalue weighted by Crippen LogP contribution is 2.34. The van der Waals surface area contributed by atoms with Gasteiger partial charge in [0.15, 0.2) is 0 Å². The van der Waals surface area contributed by atoms with Crippen LogP contribution >= 0.6 is 15.9 Å². The van der Waals surface area contributed by atoms with E-state index in [-0.39, 0.29) is 0 Å². The summed E-state index contributed by atoms with van der Waals surface area (Å²) in [6.07, 6.45) is 4.53. The Morgan fingerprint density at radius 2 is 2.05 bits per heavy atom. The lowest BCUT2D eigenvalue weighted by atomic mass is 9.89. The molecular weight excluding hydrogens is 302 g/mol. The van der Waals surface area contributed by atoms with Gasteiger partial charge < -0.3 is 10.1 Å². The Hall–Kier alpha value is -0.540. The van der Waals surface area contributed by atoms with Crippen LogP contribution in [0.15, 0.2) is 16.6 Å². The molecule has 0 aromatic heterocycles. The first kappa shape index (κ1) is 14.9. The molecule has 19 heavy (non-hydrogen) atoms. The van der Waals surface area contributed by atoms with E-state index in [0.29, 0.717) is 6.04 Å². The van der Waals surface area contributed by atoms with Gasteiger partial charge >= 0.3 is 0 Å². The highest BCUT2D eigenvalue weighted by atomic mass is 79.9. The molecule has 0 fully saturated rings. The van der Waals surface area contributed by atoms with Gasteiger partial charge in [0.05, 0.1) is 6.61 Å². The maximum absolute atomic E-state index is 5.83. The lowest BCUT2D eigenvalue weighted by Crippen LogP contribution is -2.35. The third-order valence-electron chi connectivity index (χ3n) is 4.25. The molecule has 2 rings (SSSR count). The van der Waals surface area contributed by atoms with E-state index in [4.69, 9.17) is 4.74 Å². The van der Waals surface area contributed by atoms with Crippen molar-refractivity contribution in [3.63, 3.8) is 0 Å². The molecule has 0 spiro atoms. The van der Waals surface area contributed by atoms with E-state index in [2.05, 4.69) is 54.3 Å². The summed E-state index contributed by atoms with van der Waals surface area (Å²) in [5.74, 6) is 1.86. The van der Waals surface area contributed by atoms with Crippen LogP contribution in [0.25, 0.3) is 0 Å². The van der Waals surface area contributed by atoms with Gasteiger partial charge in [0, 0.05) is 16.9 Å². The van der Waals surface area contributed by atoms with Gasteiger partial charge in [-0.15, -0.1) is 0 Å². The van der Waals surface area contributed by atoms with Crippen LogP contribution in [-0.4, -0.2) is 19.7 Å². The van der Waals surface area contributed by atoms with Crippen LogP contribution in [0.1, 0.15) is 37.8 Å². The molecule has 1 aromatic rings. The Kier molecular flexibility index (Phi) is 5.28. The summed E-state index contributed by atoms with van der Waals surface area (Å²) in [4.78, 5) is 0. The van der Waals surface area contributed by atoms with Gasteiger partial charge in [-0.1, -0.05) is 42.6 Å². The minimum absolute atomic E-state index is 0.526. The van der Waals surface area contributed by atoms with Crippen LogP contribution < -0.4 is 10.1 Å². The summed E-state index contributed by atoms with van der Waals surface area (Å²) in [5.41, 5.74) is 2.69. The molecule has 0 bridgehead atoms. The molecule has 0 amide bonds. The molecule has 106 valence electrons. The van der Waals surface area contributed by atoms with Crippen LogP contribution in [0.4, 0.5) is 0 Å². The van der Waals surface area contributed by atoms with Crippen molar-refractivity contribution in [3.05, 3.63) is 27.7 Å². The first-order valence-electron chi connectivity index (χ1n) is 7.30. The second-order valence-corrected chi connectivity index (χ2v) is 6.24. The van der Waals surface area contributed by atoms with Gasteiger partial charge in [0.2, 0.25) is 0 Å². The molecule has 1 aromatic carbocycles. The second kappa shape index (κ2) is 6.76. The maximum Gasteiger partial charge on any atom is 0.125 e. The van der Waals surface area contributed by atoms with Gasteiger partial charge in [-0.05, 0) is 42.6 Å². The average molecular weight is 326 g/mol. The lowest BCUT2D eigenvalue weighted by Gasteiger charge is -2.25. The summed E-state index contributed by atoms with van der Waals surface area (Å²) >= 11 is 3.62. The van der Waals surface area contributed by atoms with Gasteiger partial charge in [-0.25, -0.2) is 0 Å². The summed E-state index contributed by atoms with van der Waals surface area (Å²) < 4.78 is 7.00. The number of hydrogen-bond acceptors (Lipinski definition) is 2. The molecule has 1 unspecified atom stereocenters. The second-order valence-electron chi connectivity index (χ2n) is 5.33. The number of halogens is 1. The fourth-order valence-corrected chi connectivity index (χ4v) is 3.65. The van der Waals surface area contributed by atoms with Gasteiger partial charge in [0.1, 0.15) is 5.75 Å². The normalized spacial score (nSPS) is 15.4. The number of ether oxygens (including phenoxy) is 1. The summed E-state index contributed by atoms with van der Waals surface area (Å²) in [7, 11) is 2.07. The number of likely N-dealkylation sites (N-methyl/N-ethyl adjacent to an activating group) is 1. The van der Waals surface area contributed by atoms with Crippen molar-refractivity contribution in [1.82, 2.24) is 5.32 Å². The van der Waals surface area contributed by atoms with Crippen molar-refractivity contribution in [3.8, 4) is 5.75 Å². The van der Waals surface area contributed by atoms with E-state index in [1.54, 1.807) is 0 Å². The summed E-state index contributed by atoms with van der Waals surface area (Å²) in [6.45, 7) is 5.38. The van der Waals surface area contributed by atoms with Crippen LogP contribution in [0.2, 0.25) is 0 Å². The van der Waals surface area contributed by atoms with Crippen molar-refractivity contribution in [1.29, 1.82) is 0 Å². The van der Waals surface area contributed by atoms with Crippen molar-refractivity contribution >= 4 is 15.9 Å². The highest BCUT2D eigenvalue weighted by molar-refractivity contribution is 9.10. The predicted molar refractivity (Wildman–Crippen MR) is 84.0 cm³/mol. The molecular formula is C16H24BrNO. The zero-order valence-corrected chi connectivity index (χ0v) is 13.7. The topological polar surface area (TPSA) is 21.3 Å². The van der Waals surface area contributed by atoms with Crippen molar-refractivity contribution in [2.24, 2.45) is 5.92 Å². The Balaban J connectivity index is 2.22. The fourth-order valence-electron chi connectivity index (χ4n) is 3.10. The largest absolute Gasteiger partial charge is 0.493 e. The summed E-state index contributed by atoms with van der Waals surface area (Å²) in [6, 6.07) is 4.94. The van der Waals surface area contributed by atoms with Crippen LogP contribution in [0, 0.1) is 5.92 Å². The SMILES string of the molecule is CCC(CC)C(Cc1cc(Br)cc2c1OCC2)NC. The Labute approximate surface area is 125 Å². The monoisotopic (exact) mass is 325 g/mol. The van der Waals surface area contributed by atoms with E-state index in [1.165, 1.54) is 28.4 Å². The third kappa shape index (κ3) is 3.32. The molecule has 0 saturated heterocycles. The van der Waals surface area contributed by atoms with Crippen LogP contribution in [0.5, 0.6) is 5.75 Å². The Morgan fingerprint density at radius 3 is 2.68 bits per heavy atom. The van der Waals surface area contributed by atoms with E-state index in [1.807, 2.05) is 0 Å². The fraction of sp³-hybridized carbons (Fsp3) is 0.625. The molecule has 1 heterocycles. The molecule has 0 radical (unpaired) electrons. The number of hydrogen-bond donors (Lipinski definition) is 1. The first-order chi connectivity index (χ1) is 9.19. The number of benzene rings is 1. The molecule has 0 aliphatic carbocycles. The number of rotatable bonds is 6. The summed E-state index contributed by atoms with van der Waals surface area (Å²) in [5, 5.41) is 3.49. The van der Waals surface area contributed by atoms with E-state index >= 15 is 0 Å².